The maximum Gasteiger partial charge on any atom is 0.306 e. The molecule has 0 spiro atoms. The van der Waals surface area contributed by atoms with Crippen molar-refractivity contribution >= 4 is 23.2 Å². The maximum absolute atomic E-state index is 11.6. The first-order chi connectivity index (χ1) is 9.65. The molecule has 2 rings (SSSR count). The number of benzene rings is 1. The van der Waals surface area contributed by atoms with Gasteiger partial charge in [-0.3, -0.25) is 9.59 Å². The summed E-state index contributed by atoms with van der Waals surface area (Å²) in [5.41, 5.74) is 8.95. The highest BCUT2D eigenvalue weighted by atomic mass is 32.1. The van der Waals surface area contributed by atoms with Gasteiger partial charge >= 0.3 is 5.97 Å². The van der Waals surface area contributed by atoms with Crippen molar-refractivity contribution in [3.8, 4) is 0 Å². The molecule has 6 heteroatoms. The van der Waals surface area contributed by atoms with E-state index in [-0.39, 0.29) is 12.6 Å². The summed E-state index contributed by atoms with van der Waals surface area (Å²) >= 11 is 1.50. The highest BCUT2D eigenvalue weighted by Crippen LogP contribution is 2.08. The number of primary amides is 1. The lowest BCUT2D eigenvalue weighted by Crippen LogP contribution is -2.11. The molecule has 1 heterocycles. The van der Waals surface area contributed by atoms with Gasteiger partial charge in [-0.1, -0.05) is 12.1 Å². The Bertz CT molecular complexity index is 596. The number of nitrogens with two attached hydrogens (primary N) is 1. The zero-order chi connectivity index (χ0) is 14.4. The first-order valence-corrected chi connectivity index (χ1v) is 7.01. The average Bonchev–Trinajstić information content (AvgIpc) is 2.96. The molecule has 2 aromatic rings. The number of thiazole rings is 1. The van der Waals surface area contributed by atoms with Crippen LogP contribution < -0.4 is 5.73 Å². The summed E-state index contributed by atoms with van der Waals surface area (Å²) in [6.45, 7) is 0.136. The Morgan fingerprint density at radius 3 is 2.90 bits per heavy atom. The molecule has 0 atom stereocenters. The number of rotatable bonds is 6. The fourth-order valence-corrected chi connectivity index (χ4v) is 2.23. The molecule has 0 aliphatic rings. The van der Waals surface area contributed by atoms with Crippen LogP contribution in [0.5, 0.6) is 0 Å². The Hall–Kier alpha value is -2.21. The standard InChI is InChI=1S/C14H14N2O3S/c15-14(18)11-3-1-2-10(6-11)7-19-13(17)5-4-12-8-20-9-16-12/h1-3,6,8-9H,4-5,7H2,(H2,15,18). The molecule has 1 aromatic heterocycles. The molecule has 0 radical (unpaired) electrons. The van der Waals surface area contributed by atoms with E-state index < -0.39 is 5.91 Å². The van der Waals surface area contributed by atoms with Crippen molar-refractivity contribution in [1.29, 1.82) is 0 Å². The molecule has 0 saturated heterocycles. The summed E-state index contributed by atoms with van der Waals surface area (Å²) in [6, 6.07) is 6.73. The smallest absolute Gasteiger partial charge is 0.306 e. The van der Waals surface area contributed by atoms with Crippen LogP contribution in [0, 0.1) is 0 Å². The van der Waals surface area contributed by atoms with E-state index >= 15 is 0 Å². The quantitative estimate of drug-likeness (QED) is 0.824. The summed E-state index contributed by atoms with van der Waals surface area (Å²) in [7, 11) is 0. The highest BCUT2D eigenvalue weighted by Gasteiger charge is 2.06. The van der Waals surface area contributed by atoms with Crippen molar-refractivity contribution in [3.63, 3.8) is 0 Å². The number of aromatic nitrogens is 1. The summed E-state index contributed by atoms with van der Waals surface area (Å²) in [5.74, 6) is -0.788. The maximum atomic E-state index is 11.6. The van der Waals surface area contributed by atoms with Gasteiger partial charge < -0.3 is 10.5 Å². The predicted molar refractivity (Wildman–Crippen MR) is 75.2 cm³/mol. The zero-order valence-corrected chi connectivity index (χ0v) is 11.6. The van der Waals surface area contributed by atoms with Crippen LogP contribution in [-0.4, -0.2) is 16.9 Å². The minimum atomic E-state index is -0.498. The summed E-state index contributed by atoms with van der Waals surface area (Å²) < 4.78 is 5.15. The number of carbonyl (C=O) groups excluding carboxylic acids is 2. The van der Waals surface area contributed by atoms with E-state index in [0.717, 1.165) is 11.3 Å². The third-order valence-electron chi connectivity index (χ3n) is 2.68. The molecule has 1 aromatic carbocycles. The van der Waals surface area contributed by atoms with Crippen molar-refractivity contribution in [2.45, 2.75) is 19.4 Å². The van der Waals surface area contributed by atoms with Gasteiger partial charge in [-0.25, -0.2) is 4.98 Å². The Balaban J connectivity index is 1.81. The van der Waals surface area contributed by atoms with Gasteiger partial charge in [0.2, 0.25) is 5.91 Å². The number of aryl methyl sites for hydroxylation is 1. The van der Waals surface area contributed by atoms with Crippen molar-refractivity contribution in [3.05, 3.63) is 52.0 Å². The van der Waals surface area contributed by atoms with Crippen LogP contribution in [0.15, 0.2) is 35.2 Å². The number of esters is 1. The molecule has 0 bridgehead atoms. The van der Waals surface area contributed by atoms with Crippen molar-refractivity contribution in [1.82, 2.24) is 4.98 Å². The molecular formula is C14H14N2O3S. The van der Waals surface area contributed by atoms with Gasteiger partial charge in [-0.05, 0) is 17.7 Å². The van der Waals surface area contributed by atoms with Gasteiger partial charge in [-0.2, -0.15) is 0 Å². The molecule has 0 aliphatic carbocycles. The highest BCUT2D eigenvalue weighted by molar-refractivity contribution is 7.07. The lowest BCUT2D eigenvalue weighted by atomic mass is 10.1. The summed E-state index contributed by atoms with van der Waals surface area (Å²) in [4.78, 5) is 26.7. The first kappa shape index (κ1) is 14.2. The van der Waals surface area contributed by atoms with Gasteiger partial charge in [0.05, 0.1) is 17.6 Å². The number of ether oxygens (including phenoxy) is 1. The SMILES string of the molecule is NC(=O)c1cccc(COC(=O)CCc2cscn2)c1. The topological polar surface area (TPSA) is 82.3 Å². The van der Waals surface area contributed by atoms with Gasteiger partial charge in [0.1, 0.15) is 6.61 Å². The largest absolute Gasteiger partial charge is 0.461 e. The van der Waals surface area contributed by atoms with E-state index in [1.165, 1.54) is 11.3 Å². The summed E-state index contributed by atoms with van der Waals surface area (Å²) in [5, 5.41) is 1.91. The summed E-state index contributed by atoms with van der Waals surface area (Å²) in [6.07, 6.45) is 0.864. The van der Waals surface area contributed by atoms with Gasteiger partial charge in [0.25, 0.3) is 0 Å². The number of hydrogen-bond acceptors (Lipinski definition) is 5. The minimum absolute atomic E-state index is 0.136. The number of nitrogens with zero attached hydrogens (tertiary/aromatic N) is 1. The number of hydrogen-bond donors (Lipinski definition) is 1. The lowest BCUT2D eigenvalue weighted by molar-refractivity contribution is -0.144. The second-order valence-corrected chi connectivity index (χ2v) is 4.92. The average molecular weight is 290 g/mol. The van der Waals surface area contributed by atoms with E-state index in [0.29, 0.717) is 18.4 Å². The monoisotopic (exact) mass is 290 g/mol. The molecule has 0 saturated carbocycles. The fraction of sp³-hybridized carbons (Fsp3) is 0.214. The van der Waals surface area contributed by atoms with Crippen molar-refractivity contribution in [2.24, 2.45) is 5.73 Å². The van der Waals surface area contributed by atoms with Crippen LogP contribution in [-0.2, 0) is 22.6 Å². The normalized spacial score (nSPS) is 10.2. The molecule has 20 heavy (non-hydrogen) atoms. The molecular weight excluding hydrogens is 276 g/mol. The van der Waals surface area contributed by atoms with Crippen molar-refractivity contribution in [2.75, 3.05) is 0 Å². The molecule has 0 fully saturated rings. The molecule has 5 nitrogen and oxygen atoms in total. The lowest BCUT2D eigenvalue weighted by Gasteiger charge is -2.05. The van der Waals surface area contributed by atoms with Crippen LogP contribution >= 0.6 is 11.3 Å². The van der Waals surface area contributed by atoms with Crippen LogP contribution in [0.4, 0.5) is 0 Å². The van der Waals surface area contributed by atoms with Crippen LogP contribution in [0.1, 0.15) is 28.0 Å². The Morgan fingerprint density at radius 2 is 2.20 bits per heavy atom. The second-order valence-electron chi connectivity index (χ2n) is 4.21. The third-order valence-corrected chi connectivity index (χ3v) is 3.32. The predicted octanol–water partition coefficient (Wildman–Crippen LogP) is 1.92. The van der Waals surface area contributed by atoms with Crippen LogP contribution in [0.2, 0.25) is 0 Å². The minimum Gasteiger partial charge on any atom is -0.461 e. The number of carbonyl (C=O) groups is 2. The van der Waals surface area contributed by atoms with E-state index in [4.69, 9.17) is 10.5 Å². The van der Waals surface area contributed by atoms with E-state index in [1.807, 2.05) is 5.38 Å². The van der Waals surface area contributed by atoms with E-state index in [1.54, 1.807) is 29.8 Å². The molecule has 104 valence electrons. The second kappa shape index (κ2) is 6.81. The molecule has 0 unspecified atom stereocenters. The fourth-order valence-electron chi connectivity index (χ4n) is 1.64. The molecule has 1 amide bonds. The van der Waals surface area contributed by atoms with Crippen LogP contribution in [0.3, 0.4) is 0 Å². The van der Waals surface area contributed by atoms with Gasteiger partial charge in [0.15, 0.2) is 0 Å². The Morgan fingerprint density at radius 1 is 1.35 bits per heavy atom. The molecule has 2 N–H and O–H groups in total. The third kappa shape index (κ3) is 4.17. The van der Waals surface area contributed by atoms with Gasteiger partial charge in [0, 0.05) is 17.4 Å². The number of amides is 1. The molecule has 0 aliphatic heterocycles. The van der Waals surface area contributed by atoms with E-state index in [9.17, 15) is 9.59 Å². The Labute approximate surface area is 120 Å². The first-order valence-electron chi connectivity index (χ1n) is 6.06. The van der Waals surface area contributed by atoms with Gasteiger partial charge in [-0.15, -0.1) is 11.3 Å². The Kier molecular flexibility index (Phi) is 4.84. The van der Waals surface area contributed by atoms with Crippen LogP contribution in [0.25, 0.3) is 0 Å². The van der Waals surface area contributed by atoms with Crippen molar-refractivity contribution < 1.29 is 14.3 Å². The zero-order valence-electron chi connectivity index (χ0n) is 10.7. The van der Waals surface area contributed by atoms with E-state index in [2.05, 4.69) is 4.98 Å².